The van der Waals surface area contributed by atoms with E-state index >= 15 is 0 Å². The summed E-state index contributed by atoms with van der Waals surface area (Å²) in [4.78, 5) is 29.8. The van der Waals surface area contributed by atoms with Gasteiger partial charge < -0.3 is 14.5 Å². The Bertz CT molecular complexity index is 1370. The van der Waals surface area contributed by atoms with Gasteiger partial charge in [-0.15, -0.1) is 0 Å². The minimum absolute atomic E-state index is 0.0254. The number of para-hydroxylation sites is 2. The lowest BCUT2D eigenvalue weighted by Crippen LogP contribution is -2.48. The van der Waals surface area contributed by atoms with Gasteiger partial charge in [0.1, 0.15) is 5.75 Å². The highest BCUT2D eigenvalue weighted by atomic mass is 16.5. The zero-order valence-electron chi connectivity index (χ0n) is 19.9. The molecule has 0 fully saturated rings. The van der Waals surface area contributed by atoms with E-state index in [1.807, 2.05) is 114 Å². The largest absolute Gasteiger partial charge is 0.484 e. The highest BCUT2D eigenvalue weighted by molar-refractivity contribution is 5.98. The molecule has 0 saturated carbocycles. The molecule has 4 aromatic rings. The van der Waals surface area contributed by atoms with Crippen LogP contribution in [0.3, 0.4) is 0 Å². The third-order valence-corrected chi connectivity index (χ3v) is 6.60. The third kappa shape index (κ3) is 4.50. The van der Waals surface area contributed by atoms with E-state index < -0.39 is 0 Å². The minimum atomic E-state index is -0.161. The second kappa shape index (κ2) is 9.63. The number of carbonyl (C=O) groups is 2. The number of carbonyl (C=O) groups excluding carboxylic acids is 2. The van der Waals surface area contributed by atoms with Crippen LogP contribution in [0.15, 0.2) is 97.1 Å². The van der Waals surface area contributed by atoms with Crippen LogP contribution in [-0.4, -0.2) is 24.5 Å². The van der Waals surface area contributed by atoms with E-state index in [0.29, 0.717) is 12.2 Å². The van der Waals surface area contributed by atoms with Crippen molar-refractivity contribution in [1.82, 2.24) is 0 Å². The lowest BCUT2D eigenvalue weighted by molar-refractivity contribution is -0.121. The van der Waals surface area contributed by atoms with Gasteiger partial charge in [-0.2, -0.15) is 0 Å². The molecule has 0 bridgehead atoms. The van der Waals surface area contributed by atoms with Gasteiger partial charge in [0.2, 0.25) is 5.91 Å². The maximum Gasteiger partial charge on any atom is 0.265 e. The summed E-state index contributed by atoms with van der Waals surface area (Å²) in [7, 11) is 0. The molecule has 5 rings (SSSR count). The molecule has 0 spiro atoms. The fourth-order valence-corrected chi connectivity index (χ4v) is 5.05. The molecular formula is C30H28N2O3. The number of benzene rings is 4. The quantitative estimate of drug-likeness (QED) is 0.357. The zero-order valence-corrected chi connectivity index (χ0v) is 19.9. The predicted molar refractivity (Wildman–Crippen MR) is 140 cm³/mol. The summed E-state index contributed by atoms with van der Waals surface area (Å²) in [6, 6.07) is 31.2. The van der Waals surface area contributed by atoms with Gasteiger partial charge in [0.05, 0.1) is 6.04 Å². The maximum atomic E-state index is 13.4. The summed E-state index contributed by atoms with van der Waals surface area (Å²) in [5, 5.41) is 2.20. The fraction of sp³-hybridized carbons (Fsp3) is 0.200. The Balaban J connectivity index is 1.41. The normalized spacial score (nSPS) is 17.0. The lowest BCUT2D eigenvalue weighted by Gasteiger charge is -2.43. The highest BCUT2D eigenvalue weighted by Gasteiger charge is 2.37. The van der Waals surface area contributed by atoms with Gasteiger partial charge in [-0.1, -0.05) is 66.7 Å². The van der Waals surface area contributed by atoms with Crippen LogP contribution in [0.2, 0.25) is 0 Å². The smallest absolute Gasteiger partial charge is 0.265 e. The number of anilines is 2. The number of fused-ring (bicyclic) bond motifs is 2. The van der Waals surface area contributed by atoms with Crippen LogP contribution in [0.5, 0.6) is 5.75 Å². The second-order valence-corrected chi connectivity index (χ2v) is 8.95. The molecule has 1 aliphatic heterocycles. The Kier molecular flexibility index (Phi) is 6.23. The number of hydrogen-bond acceptors (Lipinski definition) is 3. The molecule has 0 unspecified atom stereocenters. The van der Waals surface area contributed by atoms with Crippen LogP contribution in [0.4, 0.5) is 11.4 Å². The van der Waals surface area contributed by atoms with Crippen LogP contribution < -0.4 is 14.5 Å². The molecule has 2 amide bonds. The van der Waals surface area contributed by atoms with E-state index in [-0.39, 0.29) is 30.5 Å². The van der Waals surface area contributed by atoms with E-state index in [2.05, 4.69) is 0 Å². The molecule has 35 heavy (non-hydrogen) atoms. The van der Waals surface area contributed by atoms with Crippen molar-refractivity contribution in [3.8, 4) is 5.75 Å². The molecule has 176 valence electrons. The first kappa shape index (κ1) is 22.7. The Labute approximate surface area is 205 Å². The Hall–Kier alpha value is -4.12. The average molecular weight is 465 g/mol. The van der Waals surface area contributed by atoms with Gasteiger partial charge >= 0.3 is 0 Å². The lowest BCUT2D eigenvalue weighted by atomic mass is 9.90. The Morgan fingerprint density at radius 3 is 2.34 bits per heavy atom. The van der Waals surface area contributed by atoms with E-state index in [1.54, 1.807) is 6.92 Å². The third-order valence-electron chi connectivity index (χ3n) is 6.60. The van der Waals surface area contributed by atoms with Gasteiger partial charge in [-0.3, -0.25) is 9.59 Å². The number of rotatable bonds is 5. The molecule has 4 aromatic carbocycles. The van der Waals surface area contributed by atoms with Gasteiger partial charge in [0.15, 0.2) is 6.61 Å². The van der Waals surface area contributed by atoms with Crippen molar-refractivity contribution < 1.29 is 14.3 Å². The number of ether oxygens (including phenoxy) is 1. The topological polar surface area (TPSA) is 49.9 Å². The first-order chi connectivity index (χ1) is 17.0. The van der Waals surface area contributed by atoms with Crippen molar-refractivity contribution in [2.45, 2.75) is 32.4 Å². The van der Waals surface area contributed by atoms with Gasteiger partial charge in [-0.25, -0.2) is 0 Å². The van der Waals surface area contributed by atoms with Crippen LogP contribution in [0, 0.1) is 0 Å². The van der Waals surface area contributed by atoms with Crippen LogP contribution in [-0.2, 0) is 9.59 Å². The molecule has 5 heteroatoms. The molecule has 1 heterocycles. The van der Waals surface area contributed by atoms with Gasteiger partial charge in [-0.05, 0) is 60.0 Å². The second-order valence-electron chi connectivity index (χ2n) is 8.95. The molecule has 2 atom stereocenters. The molecule has 0 radical (unpaired) electrons. The van der Waals surface area contributed by atoms with Crippen molar-refractivity contribution in [1.29, 1.82) is 0 Å². The van der Waals surface area contributed by atoms with Gasteiger partial charge in [0.25, 0.3) is 5.91 Å². The first-order valence-electron chi connectivity index (χ1n) is 11.9. The molecule has 0 N–H and O–H groups in total. The SMILES string of the molecule is CC(=O)N(c1ccccc1)[C@@H]1C[C@H](C)N(C(=O)COc2ccc3ccccc3c2)c2ccccc21. The minimum Gasteiger partial charge on any atom is -0.484 e. The van der Waals surface area contributed by atoms with Crippen LogP contribution in [0.1, 0.15) is 31.9 Å². The van der Waals surface area contributed by atoms with Crippen molar-refractivity contribution >= 4 is 34.0 Å². The van der Waals surface area contributed by atoms with E-state index in [9.17, 15) is 9.59 Å². The molecule has 0 saturated heterocycles. The highest BCUT2D eigenvalue weighted by Crippen LogP contribution is 2.42. The summed E-state index contributed by atoms with van der Waals surface area (Å²) < 4.78 is 5.92. The van der Waals surface area contributed by atoms with Crippen LogP contribution in [0.25, 0.3) is 10.8 Å². The summed E-state index contributed by atoms with van der Waals surface area (Å²) in [6.07, 6.45) is 0.632. The van der Waals surface area contributed by atoms with Gasteiger partial charge in [0, 0.05) is 24.3 Å². The van der Waals surface area contributed by atoms with Crippen LogP contribution >= 0.6 is 0 Å². The molecular weight excluding hydrogens is 436 g/mol. The number of hydrogen-bond donors (Lipinski definition) is 0. The summed E-state index contributed by atoms with van der Waals surface area (Å²) in [5.41, 5.74) is 2.64. The summed E-state index contributed by atoms with van der Waals surface area (Å²) in [6.45, 7) is 3.56. The molecule has 0 aliphatic carbocycles. The summed E-state index contributed by atoms with van der Waals surface area (Å²) >= 11 is 0. The first-order valence-corrected chi connectivity index (χ1v) is 11.9. The Morgan fingerprint density at radius 2 is 1.57 bits per heavy atom. The van der Waals surface area contributed by atoms with E-state index in [0.717, 1.165) is 27.7 Å². The summed E-state index contributed by atoms with van der Waals surface area (Å²) in [5.74, 6) is 0.535. The van der Waals surface area contributed by atoms with E-state index in [4.69, 9.17) is 4.74 Å². The fourth-order valence-electron chi connectivity index (χ4n) is 5.05. The van der Waals surface area contributed by atoms with Crippen molar-refractivity contribution in [2.24, 2.45) is 0 Å². The Morgan fingerprint density at radius 1 is 0.886 bits per heavy atom. The van der Waals surface area contributed by atoms with E-state index in [1.165, 1.54) is 0 Å². The number of amides is 2. The maximum absolute atomic E-state index is 13.4. The predicted octanol–water partition coefficient (Wildman–Crippen LogP) is 6.14. The van der Waals surface area contributed by atoms with Crippen molar-refractivity contribution in [2.75, 3.05) is 16.4 Å². The van der Waals surface area contributed by atoms with Crippen molar-refractivity contribution in [3.63, 3.8) is 0 Å². The standard InChI is InChI=1S/C30H28N2O3/c1-21-18-29(32(22(2)33)25-12-4-3-5-13-25)27-14-8-9-15-28(27)31(21)30(34)20-35-26-17-16-23-10-6-7-11-24(23)19-26/h3-17,19,21,29H,18,20H2,1-2H3/t21-,29+/m0/s1. The zero-order chi connectivity index (χ0) is 24.4. The molecule has 5 nitrogen and oxygen atoms in total. The number of nitrogens with zero attached hydrogens (tertiary/aromatic N) is 2. The monoisotopic (exact) mass is 464 g/mol. The average Bonchev–Trinajstić information content (AvgIpc) is 2.88. The molecule has 0 aromatic heterocycles. The molecule has 1 aliphatic rings. The van der Waals surface area contributed by atoms with Crippen molar-refractivity contribution in [3.05, 3.63) is 103 Å².